The van der Waals surface area contributed by atoms with Gasteiger partial charge in [-0.2, -0.15) is 10.5 Å². The van der Waals surface area contributed by atoms with Gasteiger partial charge in [0.2, 0.25) is 0 Å². The predicted molar refractivity (Wildman–Crippen MR) is 120 cm³/mol. The molecule has 156 valence electrons. The fraction of sp³-hybridized carbons (Fsp3) is 0.174. The van der Waals surface area contributed by atoms with Crippen molar-refractivity contribution in [3.8, 4) is 23.6 Å². The zero-order valence-corrected chi connectivity index (χ0v) is 17.9. The lowest BCUT2D eigenvalue weighted by atomic mass is 10.1. The van der Waals surface area contributed by atoms with Gasteiger partial charge in [-0.15, -0.1) is 16.9 Å². The van der Waals surface area contributed by atoms with Gasteiger partial charge in [-0.05, 0) is 55.5 Å². The standard InChI is InChI=1S/C23H17N7OS/c1-32-23-18(12-24)20(14-2-3-14)30-22(28-23)19(13-25)21(29-30)27-15-4-6-16(7-5-15)31-17-8-10-26-11-9-17/h4-11,14H,2-3H2,1H3,(H,27,29). The maximum absolute atomic E-state index is 9.85. The molecular weight excluding hydrogens is 422 g/mol. The number of fused-ring (bicyclic) bond motifs is 1. The maximum Gasteiger partial charge on any atom is 0.176 e. The smallest absolute Gasteiger partial charge is 0.176 e. The fourth-order valence-corrected chi connectivity index (χ4v) is 4.04. The summed E-state index contributed by atoms with van der Waals surface area (Å²) in [5.41, 5.74) is 2.96. The van der Waals surface area contributed by atoms with Crippen molar-refractivity contribution in [3.05, 3.63) is 65.6 Å². The molecule has 0 amide bonds. The van der Waals surface area contributed by atoms with Gasteiger partial charge in [-0.1, -0.05) is 0 Å². The number of anilines is 2. The Morgan fingerprint density at radius 1 is 1.03 bits per heavy atom. The van der Waals surface area contributed by atoms with Crippen molar-refractivity contribution in [1.82, 2.24) is 19.6 Å². The molecule has 0 spiro atoms. The van der Waals surface area contributed by atoms with E-state index in [0.717, 1.165) is 24.2 Å². The van der Waals surface area contributed by atoms with Crippen LogP contribution in [0.2, 0.25) is 0 Å². The molecule has 5 rings (SSSR count). The zero-order valence-electron chi connectivity index (χ0n) is 17.1. The van der Waals surface area contributed by atoms with E-state index in [-0.39, 0.29) is 5.92 Å². The van der Waals surface area contributed by atoms with Crippen LogP contribution in [0, 0.1) is 22.7 Å². The topological polar surface area (TPSA) is 112 Å². The van der Waals surface area contributed by atoms with Crippen molar-refractivity contribution >= 4 is 28.9 Å². The van der Waals surface area contributed by atoms with Gasteiger partial charge in [-0.3, -0.25) is 4.98 Å². The highest BCUT2D eigenvalue weighted by molar-refractivity contribution is 7.98. The van der Waals surface area contributed by atoms with E-state index in [2.05, 4.69) is 32.5 Å². The monoisotopic (exact) mass is 439 g/mol. The Bertz CT molecular complexity index is 1380. The number of nitriles is 2. The fourth-order valence-electron chi connectivity index (χ4n) is 3.51. The highest BCUT2D eigenvalue weighted by Gasteiger charge is 2.33. The van der Waals surface area contributed by atoms with Crippen LogP contribution in [0.5, 0.6) is 11.5 Å². The summed E-state index contributed by atoms with van der Waals surface area (Å²) in [5.74, 6) is 2.06. The van der Waals surface area contributed by atoms with E-state index in [4.69, 9.17) is 4.74 Å². The number of nitrogens with one attached hydrogen (secondary N) is 1. The van der Waals surface area contributed by atoms with E-state index >= 15 is 0 Å². The molecule has 0 bridgehead atoms. The molecule has 9 heteroatoms. The zero-order chi connectivity index (χ0) is 22.1. The Morgan fingerprint density at radius 3 is 2.34 bits per heavy atom. The van der Waals surface area contributed by atoms with Gasteiger partial charge in [-0.25, -0.2) is 9.50 Å². The van der Waals surface area contributed by atoms with Gasteiger partial charge >= 0.3 is 0 Å². The van der Waals surface area contributed by atoms with Crippen molar-refractivity contribution in [2.75, 3.05) is 11.6 Å². The summed E-state index contributed by atoms with van der Waals surface area (Å²) in [5, 5.41) is 28.1. The molecule has 0 atom stereocenters. The first-order chi connectivity index (χ1) is 15.7. The SMILES string of the molecule is CSc1nc2c(C#N)c(Nc3ccc(Oc4ccncc4)cc3)nn2c(C2CC2)c1C#N. The maximum atomic E-state index is 9.85. The molecule has 1 saturated carbocycles. The van der Waals surface area contributed by atoms with Gasteiger partial charge < -0.3 is 10.1 Å². The first-order valence-corrected chi connectivity index (χ1v) is 11.2. The molecule has 3 aromatic heterocycles. The van der Waals surface area contributed by atoms with Crippen LogP contribution in [0.25, 0.3) is 5.65 Å². The summed E-state index contributed by atoms with van der Waals surface area (Å²) < 4.78 is 7.46. The van der Waals surface area contributed by atoms with Crippen LogP contribution in [-0.4, -0.2) is 25.8 Å². The number of nitrogens with zero attached hydrogens (tertiary/aromatic N) is 6. The summed E-state index contributed by atoms with van der Waals surface area (Å²) >= 11 is 1.41. The van der Waals surface area contributed by atoms with E-state index in [1.54, 1.807) is 29.0 Å². The van der Waals surface area contributed by atoms with Crippen LogP contribution in [0.1, 0.15) is 35.6 Å². The third-order valence-electron chi connectivity index (χ3n) is 5.15. The molecule has 0 radical (unpaired) electrons. The summed E-state index contributed by atoms with van der Waals surface area (Å²) in [7, 11) is 0. The second kappa shape index (κ2) is 8.22. The Hall–Kier alpha value is -4.08. The molecule has 1 N–H and O–H groups in total. The third kappa shape index (κ3) is 3.59. The molecule has 4 aromatic rings. The first-order valence-electron chi connectivity index (χ1n) is 9.97. The average molecular weight is 440 g/mol. The molecule has 0 unspecified atom stereocenters. The largest absolute Gasteiger partial charge is 0.457 e. The highest BCUT2D eigenvalue weighted by atomic mass is 32.2. The Kier molecular flexibility index (Phi) is 5.10. The minimum atomic E-state index is 0.268. The Balaban J connectivity index is 1.50. The number of ether oxygens (including phenoxy) is 1. The van der Waals surface area contributed by atoms with E-state index in [1.807, 2.05) is 30.5 Å². The Labute approximate surface area is 188 Å². The quantitative estimate of drug-likeness (QED) is 0.330. The minimum absolute atomic E-state index is 0.268. The van der Waals surface area contributed by atoms with Crippen molar-refractivity contribution < 1.29 is 4.74 Å². The van der Waals surface area contributed by atoms with Gasteiger partial charge in [0.1, 0.15) is 39.8 Å². The molecular formula is C23H17N7OS. The second-order valence-electron chi connectivity index (χ2n) is 7.27. The molecule has 8 nitrogen and oxygen atoms in total. The van der Waals surface area contributed by atoms with Gasteiger partial charge in [0.15, 0.2) is 11.5 Å². The molecule has 1 aliphatic carbocycles. The van der Waals surface area contributed by atoms with Crippen molar-refractivity contribution in [2.45, 2.75) is 23.8 Å². The third-order valence-corrected chi connectivity index (χ3v) is 5.83. The van der Waals surface area contributed by atoms with Crippen LogP contribution in [0.4, 0.5) is 11.5 Å². The van der Waals surface area contributed by atoms with Crippen LogP contribution in [0.15, 0.2) is 53.8 Å². The van der Waals surface area contributed by atoms with Crippen LogP contribution in [-0.2, 0) is 0 Å². The molecule has 0 saturated heterocycles. The van der Waals surface area contributed by atoms with E-state index in [0.29, 0.717) is 39.1 Å². The number of hydrogen-bond acceptors (Lipinski definition) is 8. The van der Waals surface area contributed by atoms with Crippen LogP contribution in [0.3, 0.4) is 0 Å². The predicted octanol–water partition coefficient (Wildman–Crippen LogP) is 5.00. The molecule has 32 heavy (non-hydrogen) atoms. The van der Waals surface area contributed by atoms with Gasteiger partial charge in [0.25, 0.3) is 0 Å². The lowest BCUT2D eigenvalue weighted by Crippen LogP contribution is -2.05. The number of rotatable bonds is 6. The average Bonchev–Trinajstić information content (AvgIpc) is 3.61. The van der Waals surface area contributed by atoms with Crippen molar-refractivity contribution in [2.24, 2.45) is 0 Å². The number of thioether (sulfide) groups is 1. The van der Waals surface area contributed by atoms with Crippen molar-refractivity contribution in [3.63, 3.8) is 0 Å². The molecule has 3 heterocycles. The summed E-state index contributed by atoms with van der Waals surface area (Å²) in [4.78, 5) is 8.56. The molecule has 1 aromatic carbocycles. The normalized spacial score (nSPS) is 12.8. The van der Waals surface area contributed by atoms with Crippen molar-refractivity contribution in [1.29, 1.82) is 10.5 Å². The second-order valence-corrected chi connectivity index (χ2v) is 8.07. The number of pyridine rings is 1. The molecule has 0 aliphatic heterocycles. The number of benzene rings is 1. The number of hydrogen-bond donors (Lipinski definition) is 1. The molecule has 1 aliphatic rings. The Morgan fingerprint density at radius 2 is 1.72 bits per heavy atom. The summed E-state index contributed by atoms with van der Waals surface area (Å²) in [6, 6.07) is 15.4. The summed E-state index contributed by atoms with van der Waals surface area (Å²) in [6.07, 6.45) is 7.23. The van der Waals surface area contributed by atoms with Crippen LogP contribution >= 0.6 is 11.8 Å². The lowest BCUT2D eigenvalue weighted by Gasteiger charge is -2.08. The highest BCUT2D eigenvalue weighted by Crippen LogP contribution is 2.43. The van der Waals surface area contributed by atoms with E-state index in [1.165, 1.54) is 11.8 Å². The summed E-state index contributed by atoms with van der Waals surface area (Å²) in [6.45, 7) is 0. The van der Waals surface area contributed by atoms with Gasteiger partial charge in [0.05, 0.1) is 5.69 Å². The number of aromatic nitrogens is 4. The molecule has 1 fully saturated rings. The lowest BCUT2D eigenvalue weighted by molar-refractivity contribution is 0.482. The minimum Gasteiger partial charge on any atom is -0.457 e. The first kappa shape index (κ1) is 19.9. The van der Waals surface area contributed by atoms with Gasteiger partial charge in [0, 0.05) is 24.0 Å². The van der Waals surface area contributed by atoms with Crippen LogP contribution < -0.4 is 10.1 Å². The van der Waals surface area contributed by atoms with E-state index < -0.39 is 0 Å². The van der Waals surface area contributed by atoms with E-state index in [9.17, 15) is 10.5 Å².